The maximum Gasteiger partial charge on any atom is 0.0729 e. The number of H-pyrrole nitrogens is 1. The third-order valence-corrected chi connectivity index (χ3v) is 3.72. The average molecular weight is 276 g/mol. The van der Waals surface area contributed by atoms with Gasteiger partial charge in [-0.2, -0.15) is 0 Å². The van der Waals surface area contributed by atoms with Crippen LogP contribution in [0.5, 0.6) is 0 Å². The standard InChI is InChI=1S/C19H20N2/c1-19(2,3)15-10-8-14(9-11-15)18(16-6-4-12-20-16)17-7-5-13-21-17/h4-13,20H,1-3H3/b18-17+. The van der Waals surface area contributed by atoms with Gasteiger partial charge in [0.15, 0.2) is 0 Å². The fraction of sp³-hybridized carbons (Fsp3) is 0.211. The number of benzene rings is 1. The van der Waals surface area contributed by atoms with E-state index in [0.29, 0.717) is 0 Å². The third-order valence-electron chi connectivity index (χ3n) is 3.72. The Morgan fingerprint density at radius 1 is 1.05 bits per heavy atom. The molecule has 1 aliphatic heterocycles. The summed E-state index contributed by atoms with van der Waals surface area (Å²) in [5.41, 5.74) is 5.93. The predicted molar refractivity (Wildman–Crippen MR) is 89.6 cm³/mol. The first-order valence-electron chi connectivity index (χ1n) is 7.25. The van der Waals surface area contributed by atoms with Gasteiger partial charge in [0.1, 0.15) is 0 Å². The monoisotopic (exact) mass is 276 g/mol. The van der Waals surface area contributed by atoms with Gasteiger partial charge in [-0.3, -0.25) is 4.99 Å². The summed E-state index contributed by atoms with van der Waals surface area (Å²) < 4.78 is 0. The van der Waals surface area contributed by atoms with Crippen molar-refractivity contribution in [3.8, 4) is 0 Å². The van der Waals surface area contributed by atoms with Crippen LogP contribution in [-0.2, 0) is 5.41 Å². The summed E-state index contributed by atoms with van der Waals surface area (Å²) in [6.07, 6.45) is 7.80. The van der Waals surface area contributed by atoms with Crippen LogP contribution in [0.3, 0.4) is 0 Å². The quantitative estimate of drug-likeness (QED) is 0.822. The van der Waals surface area contributed by atoms with Gasteiger partial charge in [-0.15, -0.1) is 0 Å². The Balaban J connectivity index is 2.09. The average Bonchev–Trinajstić information content (AvgIpc) is 3.12. The van der Waals surface area contributed by atoms with E-state index in [4.69, 9.17) is 0 Å². The number of nitrogens with one attached hydrogen (secondary N) is 1. The summed E-state index contributed by atoms with van der Waals surface area (Å²) >= 11 is 0. The molecule has 1 aliphatic rings. The molecule has 0 bridgehead atoms. The van der Waals surface area contributed by atoms with Gasteiger partial charge in [-0.1, -0.05) is 45.0 Å². The van der Waals surface area contributed by atoms with Gasteiger partial charge in [0.05, 0.1) is 5.70 Å². The molecule has 2 heterocycles. The van der Waals surface area contributed by atoms with E-state index in [1.165, 1.54) is 11.1 Å². The lowest BCUT2D eigenvalue weighted by molar-refractivity contribution is 0.590. The van der Waals surface area contributed by atoms with Crippen LogP contribution in [0.25, 0.3) is 5.57 Å². The van der Waals surface area contributed by atoms with Gasteiger partial charge in [0, 0.05) is 23.7 Å². The zero-order chi connectivity index (χ0) is 14.9. The van der Waals surface area contributed by atoms with Crippen LogP contribution >= 0.6 is 0 Å². The van der Waals surface area contributed by atoms with E-state index >= 15 is 0 Å². The van der Waals surface area contributed by atoms with Crippen molar-refractivity contribution in [2.75, 3.05) is 0 Å². The minimum absolute atomic E-state index is 0.170. The van der Waals surface area contributed by atoms with Crippen molar-refractivity contribution in [1.82, 2.24) is 4.98 Å². The maximum atomic E-state index is 4.46. The first-order valence-corrected chi connectivity index (χ1v) is 7.25. The van der Waals surface area contributed by atoms with Crippen LogP contribution in [0, 0.1) is 0 Å². The van der Waals surface area contributed by atoms with E-state index in [1.807, 2.05) is 30.6 Å². The Kier molecular flexibility index (Phi) is 3.38. The number of nitrogens with zero attached hydrogens (tertiary/aromatic N) is 1. The van der Waals surface area contributed by atoms with E-state index in [0.717, 1.165) is 17.0 Å². The van der Waals surface area contributed by atoms with Crippen LogP contribution in [0.4, 0.5) is 0 Å². The van der Waals surface area contributed by atoms with E-state index < -0.39 is 0 Å². The molecule has 1 N–H and O–H groups in total. The fourth-order valence-electron chi connectivity index (χ4n) is 2.51. The van der Waals surface area contributed by atoms with Crippen LogP contribution in [0.1, 0.15) is 37.6 Å². The second-order valence-electron chi connectivity index (χ2n) is 6.31. The molecule has 0 radical (unpaired) electrons. The first kappa shape index (κ1) is 13.6. The smallest absolute Gasteiger partial charge is 0.0729 e. The molecular formula is C19H20N2. The lowest BCUT2D eigenvalue weighted by atomic mass is 9.86. The summed E-state index contributed by atoms with van der Waals surface area (Å²) in [6.45, 7) is 6.70. The van der Waals surface area contributed by atoms with Crippen LogP contribution in [0.2, 0.25) is 0 Å². The number of aliphatic imine (C=N–C) groups is 1. The second kappa shape index (κ2) is 5.21. The Morgan fingerprint density at radius 3 is 2.33 bits per heavy atom. The van der Waals surface area contributed by atoms with E-state index in [9.17, 15) is 0 Å². The Labute approximate surface area is 125 Å². The number of aromatic nitrogens is 1. The minimum atomic E-state index is 0.170. The lowest BCUT2D eigenvalue weighted by Crippen LogP contribution is -2.10. The second-order valence-corrected chi connectivity index (χ2v) is 6.31. The highest BCUT2D eigenvalue weighted by Gasteiger charge is 2.16. The van der Waals surface area contributed by atoms with Gasteiger partial charge in [0.25, 0.3) is 0 Å². The van der Waals surface area contributed by atoms with Crippen molar-refractivity contribution >= 4 is 11.8 Å². The highest BCUT2D eigenvalue weighted by Crippen LogP contribution is 2.30. The van der Waals surface area contributed by atoms with Crippen molar-refractivity contribution in [3.05, 3.63) is 77.3 Å². The normalized spacial score (nSPS) is 16.5. The maximum absolute atomic E-state index is 4.46. The van der Waals surface area contributed by atoms with Gasteiger partial charge < -0.3 is 4.98 Å². The molecule has 0 unspecified atom stereocenters. The molecule has 21 heavy (non-hydrogen) atoms. The Bertz CT molecular complexity index is 692. The lowest BCUT2D eigenvalue weighted by Gasteiger charge is -2.19. The molecule has 1 aromatic carbocycles. The topological polar surface area (TPSA) is 28.1 Å². The van der Waals surface area contributed by atoms with Gasteiger partial charge in [0.2, 0.25) is 0 Å². The minimum Gasteiger partial charge on any atom is -0.361 e. The van der Waals surface area contributed by atoms with Crippen LogP contribution in [0.15, 0.2) is 65.4 Å². The van der Waals surface area contributed by atoms with Crippen molar-refractivity contribution in [2.45, 2.75) is 26.2 Å². The molecular weight excluding hydrogens is 256 g/mol. The Hall–Kier alpha value is -2.35. The molecule has 0 aliphatic carbocycles. The molecule has 0 saturated heterocycles. The molecule has 0 spiro atoms. The number of hydrogen-bond acceptors (Lipinski definition) is 1. The number of rotatable bonds is 2. The summed E-state index contributed by atoms with van der Waals surface area (Å²) in [7, 11) is 0. The molecule has 0 amide bonds. The summed E-state index contributed by atoms with van der Waals surface area (Å²) in [5, 5.41) is 0. The van der Waals surface area contributed by atoms with Gasteiger partial charge in [-0.05, 0) is 40.8 Å². The van der Waals surface area contributed by atoms with Crippen molar-refractivity contribution in [2.24, 2.45) is 4.99 Å². The zero-order valence-corrected chi connectivity index (χ0v) is 12.7. The summed E-state index contributed by atoms with van der Waals surface area (Å²) in [4.78, 5) is 7.75. The Morgan fingerprint density at radius 2 is 1.81 bits per heavy atom. The summed E-state index contributed by atoms with van der Waals surface area (Å²) in [5.74, 6) is 0. The highest BCUT2D eigenvalue weighted by molar-refractivity contribution is 5.88. The molecule has 0 atom stereocenters. The number of aromatic amines is 1. The number of hydrogen-bond donors (Lipinski definition) is 1. The van der Waals surface area contributed by atoms with Crippen LogP contribution < -0.4 is 0 Å². The first-order chi connectivity index (χ1) is 10.1. The highest BCUT2D eigenvalue weighted by atomic mass is 14.8. The van der Waals surface area contributed by atoms with Crippen molar-refractivity contribution in [3.63, 3.8) is 0 Å². The SMILES string of the molecule is CC(C)(C)c1ccc(/C(=C2/C=CC=N2)c2ccc[nH]2)cc1. The number of allylic oxidation sites excluding steroid dienone is 2. The third kappa shape index (κ3) is 2.75. The summed E-state index contributed by atoms with van der Waals surface area (Å²) in [6, 6.07) is 12.9. The zero-order valence-electron chi connectivity index (χ0n) is 12.7. The van der Waals surface area contributed by atoms with E-state index in [1.54, 1.807) is 0 Å². The van der Waals surface area contributed by atoms with Crippen molar-refractivity contribution in [1.29, 1.82) is 0 Å². The molecule has 106 valence electrons. The van der Waals surface area contributed by atoms with Crippen molar-refractivity contribution < 1.29 is 0 Å². The van der Waals surface area contributed by atoms with E-state index in [2.05, 4.69) is 61.1 Å². The van der Waals surface area contributed by atoms with Gasteiger partial charge in [-0.25, -0.2) is 0 Å². The van der Waals surface area contributed by atoms with E-state index in [-0.39, 0.29) is 5.41 Å². The fourth-order valence-corrected chi connectivity index (χ4v) is 2.51. The molecule has 2 nitrogen and oxygen atoms in total. The largest absolute Gasteiger partial charge is 0.361 e. The molecule has 2 aromatic rings. The molecule has 2 heteroatoms. The van der Waals surface area contributed by atoms with Crippen LogP contribution in [-0.4, -0.2) is 11.2 Å². The molecule has 0 fully saturated rings. The predicted octanol–water partition coefficient (Wildman–Crippen LogP) is 4.71. The molecule has 0 saturated carbocycles. The molecule has 1 aromatic heterocycles. The molecule has 3 rings (SSSR count). The van der Waals surface area contributed by atoms with Gasteiger partial charge >= 0.3 is 0 Å².